The monoisotopic (exact) mass is 368 g/mol. The van der Waals surface area contributed by atoms with Crippen LogP contribution in [-0.4, -0.2) is 50.1 Å². The SMILES string of the molecule is CC1CC(COC(=O)CCCCC(=O)OCC2CCC3OC3C2)CCO1. The Morgan fingerprint density at radius 3 is 2.15 bits per heavy atom. The summed E-state index contributed by atoms with van der Waals surface area (Å²) in [5.74, 6) is 0.534. The highest BCUT2D eigenvalue weighted by Crippen LogP contribution is 2.39. The first-order valence-corrected chi connectivity index (χ1v) is 10.2. The van der Waals surface area contributed by atoms with E-state index < -0.39 is 0 Å². The summed E-state index contributed by atoms with van der Waals surface area (Å²) < 4.78 is 21.7. The summed E-state index contributed by atoms with van der Waals surface area (Å²) in [4.78, 5) is 23.6. The third-order valence-electron chi connectivity index (χ3n) is 5.68. The van der Waals surface area contributed by atoms with Gasteiger partial charge in [0.2, 0.25) is 0 Å². The molecule has 5 unspecified atom stereocenters. The molecule has 0 aromatic rings. The van der Waals surface area contributed by atoms with Crippen molar-refractivity contribution in [2.75, 3.05) is 19.8 Å². The van der Waals surface area contributed by atoms with E-state index in [0.29, 0.717) is 62.9 Å². The third kappa shape index (κ3) is 6.54. The summed E-state index contributed by atoms with van der Waals surface area (Å²) in [5, 5.41) is 0. The first-order valence-electron chi connectivity index (χ1n) is 10.2. The molecular weight excluding hydrogens is 336 g/mol. The molecule has 0 radical (unpaired) electrons. The quantitative estimate of drug-likeness (QED) is 0.354. The fourth-order valence-corrected chi connectivity index (χ4v) is 3.99. The fraction of sp³-hybridized carbons (Fsp3) is 0.900. The average Bonchev–Trinajstić information content (AvgIpc) is 3.41. The van der Waals surface area contributed by atoms with Crippen molar-refractivity contribution in [2.24, 2.45) is 11.8 Å². The van der Waals surface area contributed by atoms with E-state index >= 15 is 0 Å². The lowest BCUT2D eigenvalue weighted by Gasteiger charge is -2.26. The summed E-state index contributed by atoms with van der Waals surface area (Å²) >= 11 is 0. The summed E-state index contributed by atoms with van der Waals surface area (Å²) in [6, 6.07) is 0. The molecule has 3 fully saturated rings. The van der Waals surface area contributed by atoms with E-state index in [1.54, 1.807) is 0 Å². The first-order chi connectivity index (χ1) is 12.6. The summed E-state index contributed by atoms with van der Waals surface area (Å²) in [6.45, 7) is 3.80. The minimum Gasteiger partial charge on any atom is -0.465 e. The van der Waals surface area contributed by atoms with Gasteiger partial charge in [0.25, 0.3) is 0 Å². The third-order valence-corrected chi connectivity index (χ3v) is 5.68. The van der Waals surface area contributed by atoms with Gasteiger partial charge in [0, 0.05) is 19.4 Å². The summed E-state index contributed by atoms with van der Waals surface area (Å²) in [7, 11) is 0. The van der Waals surface area contributed by atoms with Crippen molar-refractivity contribution in [1.29, 1.82) is 0 Å². The molecule has 0 aromatic carbocycles. The molecule has 1 aliphatic carbocycles. The van der Waals surface area contributed by atoms with Gasteiger partial charge in [-0.3, -0.25) is 9.59 Å². The Morgan fingerprint density at radius 1 is 0.885 bits per heavy atom. The van der Waals surface area contributed by atoms with Crippen LogP contribution in [0.1, 0.15) is 64.7 Å². The smallest absolute Gasteiger partial charge is 0.305 e. The molecule has 2 heterocycles. The molecule has 6 nitrogen and oxygen atoms in total. The summed E-state index contributed by atoms with van der Waals surface area (Å²) in [6.07, 6.45) is 8.36. The molecule has 0 spiro atoms. The van der Waals surface area contributed by atoms with E-state index in [1.807, 2.05) is 0 Å². The Bertz CT molecular complexity index is 455. The molecule has 0 amide bonds. The highest BCUT2D eigenvalue weighted by molar-refractivity contribution is 5.70. The average molecular weight is 368 g/mol. The molecule has 148 valence electrons. The van der Waals surface area contributed by atoms with Crippen molar-refractivity contribution in [3.05, 3.63) is 0 Å². The maximum atomic E-state index is 11.8. The zero-order valence-corrected chi connectivity index (χ0v) is 15.8. The number of hydrogen-bond donors (Lipinski definition) is 0. The lowest BCUT2D eigenvalue weighted by molar-refractivity contribution is -0.148. The van der Waals surface area contributed by atoms with Gasteiger partial charge in [-0.2, -0.15) is 0 Å². The molecule has 1 saturated carbocycles. The maximum Gasteiger partial charge on any atom is 0.305 e. The molecule has 3 aliphatic rings. The molecule has 0 bridgehead atoms. The number of epoxide rings is 1. The number of hydrogen-bond acceptors (Lipinski definition) is 6. The number of ether oxygens (including phenoxy) is 4. The van der Waals surface area contributed by atoms with Gasteiger partial charge in [0.1, 0.15) is 0 Å². The second-order valence-corrected chi connectivity index (χ2v) is 8.04. The van der Waals surface area contributed by atoms with Gasteiger partial charge < -0.3 is 18.9 Å². The Balaban J connectivity index is 1.16. The fourth-order valence-electron chi connectivity index (χ4n) is 3.99. The van der Waals surface area contributed by atoms with Crippen LogP contribution < -0.4 is 0 Å². The number of unbranched alkanes of at least 4 members (excludes halogenated alkanes) is 1. The molecular formula is C20H32O6. The van der Waals surface area contributed by atoms with Crippen LogP contribution in [0.25, 0.3) is 0 Å². The van der Waals surface area contributed by atoms with E-state index in [-0.39, 0.29) is 18.0 Å². The largest absolute Gasteiger partial charge is 0.465 e. The van der Waals surface area contributed by atoms with E-state index in [0.717, 1.165) is 38.7 Å². The van der Waals surface area contributed by atoms with Crippen LogP contribution in [0.5, 0.6) is 0 Å². The van der Waals surface area contributed by atoms with Gasteiger partial charge in [-0.15, -0.1) is 0 Å². The van der Waals surface area contributed by atoms with Crippen molar-refractivity contribution >= 4 is 11.9 Å². The Hall–Kier alpha value is -1.14. The van der Waals surface area contributed by atoms with Crippen LogP contribution in [0.4, 0.5) is 0 Å². The highest BCUT2D eigenvalue weighted by Gasteiger charge is 2.43. The minimum atomic E-state index is -0.168. The second kappa shape index (κ2) is 9.70. The molecule has 6 heteroatoms. The van der Waals surface area contributed by atoms with Crippen LogP contribution in [-0.2, 0) is 28.5 Å². The van der Waals surface area contributed by atoms with Crippen molar-refractivity contribution in [1.82, 2.24) is 0 Å². The van der Waals surface area contributed by atoms with Gasteiger partial charge in [0.15, 0.2) is 0 Å². The van der Waals surface area contributed by atoms with Crippen LogP contribution in [0, 0.1) is 11.8 Å². The minimum absolute atomic E-state index is 0.159. The van der Waals surface area contributed by atoms with E-state index in [2.05, 4.69) is 6.92 Å². The summed E-state index contributed by atoms with van der Waals surface area (Å²) in [5.41, 5.74) is 0. The van der Waals surface area contributed by atoms with Gasteiger partial charge in [-0.25, -0.2) is 0 Å². The predicted molar refractivity (Wildman–Crippen MR) is 94.5 cm³/mol. The zero-order valence-electron chi connectivity index (χ0n) is 15.8. The lowest BCUT2D eigenvalue weighted by Crippen LogP contribution is -2.27. The molecule has 0 aromatic heterocycles. The molecule has 3 rings (SSSR count). The normalized spacial score (nSPS) is 33.2. The number of carbonyl (C=O) groups excluding carboxylic acids is 2. The predicted octanol–water partition coefficient (Wildman–Crippen LogP) is 3.02. The highest BCUT2D eigenvalue weighted by atomic mass is 16.6. The van der Waals surface area contributed by atoms with Crippen LogP contribution in [0.2, 0.25) is 0 Å². The molecule has 26 heavy (non-hydrogen) atoms. The van der Waals surface area contributed by atoms with Crippen molar-refractivity contribution in [2.45, 2.75) is 83.0 Å². The molecule has 0 N–H and O–H groups in total. The lowest BCUT2D eigenvalue weighted by atomic mass is 9.90. The number of fused-ring (bicyclic) bond motifs is 1. The van der Waals surface area contributed by atoms with Crippen molar-refractivity contribution in [3.63, 3.8) is 0 Å². The second-order valence-electron chi connectivity index (χ2n) is 8.04. The topological polar surface area (TPSA) is 74.4 Å². The number of esters is 2. The molecule has 5 atom stereocenters. The first kappa shape index (κ1) is 19.6. The van der Waals surface area contributed by atoms with Gasteiger partial charge in [-0.1, -0.05) is 0 Å². The molecule has 2 saturated heterocycles. The van der Waals surface area contributed by atoms with Crippen LogP contribution in [0.3, 0.4) is 0 Å². The van der Waals surface area contributed by atoms with Gasteiger partial charge in [0.05, 0.1) is 31.5 Å². The molecule has 2 aliphatic heterocycles. The Morgan fingerprint density at radius 2 is 1.54 bits per heavy atom. The maximum absolute atomic E-state index is 11.8. The van der Waals surface area contributed by atoms with E-state index in [4.69, 9.17) is 18.9 Å². The van der Waals surface area contributed by atoms with E-state index in [9.17, 15) is 9.59 Å². The Labute approximate surface area is 155 Å². The van der Waals surface area contributed by atoms with Crippen LogP contribution >= 0.6 is 0 Å². The van der Waals surface area contributed by atoms with Gasteiger partial charge >= 0.3 is 11.9 Å². The Kier molecular flexibility index (Phi) is 7.32. The standard InChI is InChI=1S/C20H32O6/c1-14-10-16(8-9-23-14)13-25-20(22)5-3-2-4-19(21)24-12-15-6-7-17-18(11-15)26-17/h14-18H,2-13H2,1H3. The number of carbonyl (C=O) groups is 2. The van der Waals surface area contributed by atoms with Crippen molar-refractivity contribution < 1.29 is 28.5 Å². The zero-order chi connectivity index (χ0) is 18.4. The van der Waals surface area contributed by atoms with Gasteiger partial charge in [-0.05, 0) is 63.7 Å². The van der Waals surface area contributed by atoms with Crippen LogP contribution in [0.15, 0.2) is 0 Å². The van der Waals surface area contributed by atoms with E-state index in [1.165, 1.54) is 0 Å². The van der Waals surface area contributed by atoms with Crippen molar-refractivity contribution in [3.8, 4) is 0 Å². The number of rotatable bonds is 9.